The maximum absolute atomic E-state index is 14.6. The number of benzene rings is 2. The van der Waals surface area contributed by atoms with Crippen molar-refractivity contribution in [3.8, 4) is 17.1 Å². The molecule has 0 aliphatic carbocycles. The van der Waals surface area contributed by atoms with Crippen molar-refractivity contribution in [2.45, 2.75) is 32.9 Å². The maximum Gasteiger partial charge on any atom is 0.196 e. The molecule has 0 amide bonds. The average molecular weight is 463 g/mol. The van der Waals surface area contributed by atoms with Gasteiger partial charge < -0.3 is 4.98 Å². The van der Waals surface area contributed by atoms with Gasteiger partial charge in [-0.3, -0.25) is 14.2 Å². The number of halogens is 1. The van der Waals surface area contributed by atoms with Crippen LogP contribution in [0.25, 0.3) is 17.1 Å². The number of Topliss-reactive ketones (excluding diaryl/α,β-unsaturated/α-hetero) is 2. The van der Waals surface area contributed by atoms with Crippen LogP contribution in [-0.4, -0.2) is 37.1 Å². The number of hydrogen-bond donors (Lipinski definition) is 1. The lowest BCUT2D eigenvalue weighted by Gasteiger charge is -2.11. The Labute approximate surface area is 195 Å². The molecule has 168 valence electrons. The number of carbonyl (C=O) groups excluding carboxylic acids is 2. The highest BCUT2D eigenvalue weighted by Gasteiger charge is 2.23. The monoisotopic (exact) mass is 462 g/mol. The number of nitrogens with one attached hydrogen (secondary N) is 1. The van der Waals surface area contributed by atoms with Gasteiger partial charge in [-0.15, -0.1) is 10.2 Å². The molecule has 0 spiro atoms. The predicted octanol–water partition coefficient (Wildman–Crippen LogP) is 5.50. The molecular weight excluding hydrogens is 439 g/mol. The van der Waals surface area contributed by atoms with Crippen molar-refractivity contribution in [1.29, 1.82) is 0 Å². The van der Waals surface area contributed by atoms with Crippen molar-refractivity contribution < 1.29 is 14.0 Å². The molecule has 0 saturated carbocycles. The summed E-state index contributed by atoms with van der Waals surface area (Å²) in [4.78, 5) is 27.9. The Hall–Kier alpha value is -3.52. The van der Waals surface area contributed by atoms with Gasteiger partial charge in [-0.2, -0.15) is 0 Å². The second-order valence-electron chi connectivity index (χ2n) is 7.85. The number of aromatic amines is 1. The lowest BCUT2D eigenvalue weighted by Crippen LogP contribution is -2.07. The third-order valence-electron chi connectivity index (χ3n) is 5.44. The van der Waals surface area contributed by atoms with Gasteiger partial charge in [0.05, 0.1) is 17.0 Å². The molecule has 0 atom stereocenters. The van der Waals surface area contributed by atoms with Gasteiger partial charge in [-0.25, -0.2) is 4.39 Å². The molecule has 33 heavy (non-hydrogen) atoms. The summed E-state index contributed by atoms with van der Waals surface area (Å²) in [6.45, 7) is 7.02. The van der Waals surface area contributed by atoms with Gasteiger partial charge in [-0.1, -0.05) is 41.6 Å². The van der Waals surface area contributed by atoms with E-state index in [0.717, 1.165) is 11.3 Å². The minimum Gasteiger partial charge on any atom is -0.355 e. The van der Waals surface area contributed by atoms with Gasteiger partial charge in [0, 0.05) is 16.9 Å². The van der Waals surface area contributed by atoms with Gasteiger partial charge in [0.25, 0.3) is 0 Å². The topological polar surface area (TPSA) is 80.6 Å². The quantitative estimate of drug-likeness (QED) is 0.290. The number of H-pyrrole nitrogens is 1. The van der Waals surface area contributed by atoms with Crippen LogP contribution in [-0.2, 0) is 0 Å². The third kappa shape index (κ3) is 4.39. The number of nitrogens with zero attached hydrogens (tertiary/aromatic N) is 3. The molecule has 0 unspecified atom stereocenters. The van der Waals surface area contributed by atoms with E-state index in [0.29, 0.717) is 39.1 Å². The van der Waals surface area contributed by atoms with Crippen molar-refractivity contribution >= 4 is 23.3 Å². The minimum absolute atomic E-state index is 0.0819. The summed E-state index contributed by atoms with van der Waals surface area (Å²) in [6, 6.07) is 14.1. The van der Waals surface area contributed by atoms with Crippen LogP contribution in [0.1, 0.15) is 44.6 Å². The number of carbonyl (C=O) groups is 2. The fourth-order valence-corrected chi connectivity index (χ4v) is 4.69. The van der Waals surface area contributed by atoms with Crippen molar-refractivity contribution in [3.63, 3.8) is 0 Å². The van der Waals surface area contributed by atoms with Crippen molar-refractivity contribution in [3.05, 3.63) is 82.4 Å². The standard InChI is InChI=1S/C25H23FN4O2S/c1-14-9-11-18(12-10-14)30-24(19-7-5-6-8-20(19)26)28-29-25(30)33-13-21(32)23-15(2)22(17(4)31)16(3)27-23/h5-12,27H,13H2,1-4H3. The predicted molar refractivity (Wildman–Crippen MR) is 127 cm³/mol. The van der Waals surface area contributed by atoms with Gasteiger partial charge in [-0.05, 0) is 57.5 Å². The summed E-state index contributed by atoms with van der Waals surface area (Å²) < 4.78 is 16.3. The smallest absolute Gasteiger partial charge is 0.196 e. The molecule has 4 rings (SSSR count). The molecule has 2 aromatic heterocycles. The van der Waals surface area contributed by atoms with Crippen molar-refractivity contribution in [2.75, 3.05) is 5.75 Å². The Kier molecular flexibility index (Phi) is 6.29. The number of aryl methyl sites for hydroxylation is 2. The van der Waals surface area contributed by atoms with E-state index in [1.165, 1.54) is 24.8 Å². The molecule has 0 aliphatic rings. The molecule has 2 aromatic carbocycles. The van der Waals surface area contributed by atoms with Crippen LogP contribution in [0.15, 0.2) is 53.7 Å². The van der Waals surface area contributed by atoms with E-state index in [4.69, 9.17) is 0 Å². The third-order valence-corrected chi connectivity index (χ3v) is 6.37. The van der Waals surface area contributed by atoms with Crippen LogP contribution in [0.5, 0.6) is 0 Å². The summed E-state index contributed by atoms with van der Waals surface area (Å²) in [5.41, 5.74) is 4.47. The molecule has 4 aromatic rings. The first kappa shape index (κ1) is 22.7. The Morgan fingerprint density at radius 2 is 1.73 bits per heavy atom. The molecule has 0 aliphatic heterocycles. The number of thioether (sulfide) groups is 1. The fourth-order valence-electron chi connectivity index (χ4n) is 3.87. The van der Waals surface area contributed by atoms with E-state index in [9.17, 15) is 14.0 Å². The molecule has 0 radical (unpaired) electrons. The Morgan fingerprint density at radius 3 is 2.36 bits per heavy atom. The zero-order chi connectivity index (χ0) is 23.7. The minimum atomic E-state index is -0.403. The van der Waals surface area contributed by atoms with Crippen molar-refractivity contribution in [2.24, 2.45) is 0 Å². The first-order chi connectivity index (χ1) is 15.8. The number of aromatic nitrogens is 4. The van der Waals surface area contributed by atoms with Gasteiger partial charge in [0.2, 0.25) is 0 Å². The molecule has 1 N–H and O–H groups in total. The van der Waals surface area contributed by atoms with E-state index in [1.807, 2.05) is 31.2 Å². The highest BCUT2D eigenvalue weighted by molar-refractivity contribution is 7.99. The molecule has 0 fully saturated rings. The lowest BCUT2D eigenvalue weighted by atomic mass is 10.1. The average Bonchev–Trinajstić information content (AvgIpc) is 3.33. The summed E-state index contributed by atoms with van der Waals surface area (Å²) in [7, 11) is 0. The normalized spacial score (nSPS) is 11.1. The molecule has 0 saturated heterocycles. The van der Waals surface area contributed by atoms with Crippen molar-refractivity contribution in [1.82, 2.24) is 19.7 Å². The van der Waals surface area contributed by atoms with Gasteiger partial charge in [0.1, 0.15) is 5.82 Å². The molecular formula is C25H23FN4O2S. The van der Waals surface area contributed by atoms with Gasteiger partial charge >= 0.3 is 0 Å². The van der Waals surface area contributed by atoms with E-state index in [1.54, 1.807) is 36.6 Å². The van der Waals surface area contributed by atoms with E-state index < -0.39 is 5.82 Å². The first-order valence-corrected chi connectivity index (χ1v) is 11.4. The Balaban J connectivity index is 1.69. The number of hydrogen-bond acceptors (Lipinski definition) is 5. The van der Waals surface area contributed by atoms with Crippen LogP contribution < -0.4 is 0 Å². The summed E-state index contributed by atoms with van der Waals surface area (Å²) >= 11 is 1.22. The number of ketones is 2. The zero-order valence-electron chi connectivity index (χ0n) is 18.8. The highest BCUT2D eigenvalue weighted by atomic mass is 32.2. The maximum atomic E-state index is 14.6. The number of rotatable bonds is 7. The lowest BCUT2D eigenvalue weighted by molar-refractivity contribution is 0.101. The highest BCUT2D eigenvalue weighted by Crippen LogP contribution is 2.30. The van der Waals surface area contributed by atoms with Crippen LogP contribution in [0, 0.1) is 26.6 Å². The largest absolute Gasteiger partial charge is 0.355 e. The molecule has 8 heteroatoms. The summed E-state index contributed by atoms with van der Waals surface area (Å²) in [5.74, 6) is -0.197. The fraction of sp³-hybridized carbons (Fsp3) is 0.200. The van der Waals surface area contributed by atoms with Crippen LogP contribution >= 0.6 is 11.8 Å². The van der Waals surface area contributed by atoms with E-state index >= 15 is 0 Å². The summed E-state index contributed by atoms with van der Waals surface area (Å²) in [6.07, 6.45) is 0. The Bertz CT molecular complexity index is 1360. The molecule has 6 nitrogen and oxygen atoms in total. The Morgan fingerprint density at radius 1 is 1.03 bits per heavy atom. The van der Waals surface area contributed by atoms with Crippen LogP contribution in [0.4, 0.5) is 4.39 Å². The van der Waals surface area contributed by atoms with Crippen LogP contribution in [0.3, 0.4) is 0 Å². The van der Waals surface area contributed by atoms with Crippen LogP contribution in [0.2, 0.25) is 0 Å². The molecule has 2 heterocycles. The SMILES string of the molecule is CC(=O)c1c(C)[nH]c(C(=O)CSc2nnc(-c3ccccc3F)n2-c2ccc(C)cc2)c1C. The van der Waals surface area contributed by atoms with Gasteiger partial charge in [0.15, 0.2) is 22.5 Å². The van der Waals surface area contributed by atoms with E-state index in [2.05, 4.69) is 15.2 Å². The zero-order valence-corrected chi connectivity index (χ0v) is 19.6. The molecule has 0 bridgehead atoms. The first-order valence-electron chi connectivity index (χ1n) is 10.4. The second-order valence-corrected chi connectivity index (χ2v) is 8.79. The second kappa shape index (κ2) is 9.15. The van der Waals surface area contributed by atoms with E-state index in [-0.39, 0.29) is 17.3 Å². The summed E-state index contributed by atoms with van der Waals surface area (Å²) in [5, 5.41) is 8.98.